The van der Waals surface area contributed by atoms with Crippen molar-refractivity contribution in [3.8, 4) is 11.5 Å². The van der Waals surface area contributed by atoms with Crippen LogP contribution in [0.25, 0.3) is 0 Å². The van der Waals surface area contributed by atoms with Crippen molar-refractivity contribution in [3.63, 3.8) is 0 Å². The number of ether oxygens (including phenoxy) is 9. The molecule has 3 fully saturated rings. The molecule has 1 saturated heterocycles. The first-order valence-corrected chi connectivity index (χ1v) is 29.3. The third-order valence-corrected chi connectivity index (χ3v) is 17.3. The van der Waals surface area contributed by atoms with E-state index in [0.29, 0.717) is 5.75 Å². The van der Waals surface area contributed by atoms with Gasteiger partial charge in [0.25, 0.3) is 5.91 Å². The van der Waals surface area contributed by atoms with Gasteiger partial charge in [0.2, 0.25) is 12.0 Å². The number of rotatable bonds is 23. The molecule has 24 nitrogen and oxygen atoms in total. The highest BCUT2D eigenvalue weighted by Gasteiger charge is 2.79. The van der Waals surface area contributed by atoms with Crippen LogP contribution in [0, 0.1) is 16.7 Å². The second kappa shape index (κ2) is 27.5. The molecule has 2 heterocycles. The molecular weight excluding hydrogens is 1180 g/mol. The van der Waals surface area contributed by atoms with Crippen LogP contribution in [0.15, 0.2) is 157 Å². The number of aliphatic carboxylic acids is 1. The van der Waals surface area contributed by atoms with E-state index in [2.05, 4.69) is 15.6 Å². The lowest BCUT2D eigenvalue weighted by atomic mass is 9.44. The number of aromatic nitrogens is 1. The van der Waals surface area contributed by atoms with Crippen molar-refractivity contribution in [1.82, 2.24) is 15.6 Å². The summed E-state index contributed by atoms with van der Waals surface area (Å²) in [5.74, 6) is -12.0. The van der Waals surface area contributed by atoms with Crippen molar-refractivity contribution in [1.29, 1.82) is 0 Å². The highest BCUT2D eigenvalue weighted by Crippen LogP contribution is 2.65. The fourth-order valence-corrected chi connectivity index (χ4v) is 12.8. The van der Waals surface area contributed by atoms with Crippen LogP contribution in [-0.2, 0) is 71.5 Å². The van der Waals surface area contributed by atoms with Crippen molar-refractivity contribution in [2.45, 2.75) is 127 Å². The Balaban J connectivity index is 1.19. The summed E-state index contributed by atoms with van der Waals surface area (Å²) in [6, 6.07) is 31.1. The molecule has 4 N–H and O–H groups in total. The SMILES string of the molecule is CC(=O)O[C@H]1C(=O)[C@]2(C)[C@@H](OC(=O)COc3ccccc3)C[C@H]3OC[C@@]3(OC(C)=O)[C@H]2[C@H](OC(=O)c2ccccc2)[C@]2(O)C[C@H](OC(=O)[C@H](OC(=O)COc3ccccc3)[C@@H](NC(=O)[C@@H](CCC(=O)O)NC(=O)c3cccnc3)c3ccccc3)C(C)=C1C2(C)C. The van der Waals surface area contributed by atoms with Crippen molar-refractivity contribution >= 4 is 59.4 Å². The number of hydrogen-bond acceptors (Lipinski definition) is 21. The van der Waals surface area contributed by atoms with Gasteiger partial charge in [0, 0.05) is 50.9 Å². The lowest BCUT2D eigenvalue weighted by Gasteiger charge is -2.67. The topological polar surface area (TPSA) is 331 Å². The molecule has 2 saturated carbocycles. The van der Waals surface area contributed by atoms with Gasteiger partial charge in [0.1, 0.15) is 53.6 Å². The fourth-order valence-electron chi connectivity index (χ4n) is 12.8. The molecule has 0 spiro atoms. The minimum atomic E-state index is -2.66. The molecule has 0 radical (unpaired) electrons. The Morgan fingerprint density at radius 3 is 1.87 bits per heavy atom. The van der Waals surface area contributed by atoms with E-state index in [1.165, 1.54) is 88.6 Å². The van der Waals surface area contributed by atoms with E-state index in [1.807, 2.05) is 0 Å². The average molecular weight is 1250 g/mol. The molecule has 1 aliphatic heterocycles. The van der Waals surface area contributed by atoms with Gasteiger partial charge in [-0.2, -0.15) is 0 Å². The maximum atomic E-state index is 16.5. The van der Waals surface area contributed by atoms with Gasteiger partial charge in [-0.05, 0) is 85.5 Å². The zero-order chi connectivity index (χ0) is 65.4. The first-order valence-electron chi connectivity index (χ1n) is 29.3. The van der Waals surface area contributed by atoms with E-state index >= 15 is 9.59 Å². The number of carboxylic acid groups (broad SMARTS) is 1. The summed E-state index contributed by atoms with van der Waals surface area (Å²) >= 11 is 0. The Morgan fingerprint density at radius 2 is 1.31 bits per heavy atom. The molecule has 1 aromatic heterocycles. The molecule has 2 bridgehead atoms. The number of Topliss-reactive ketones (excluding diaryl/α,β-unsaturated/α-hetero) is 1. The predicted molar refractivity (Wildman–Crippen MR) is 316 cm³/mol. The minimum Gasteiger partial charge on any atom is -0.482 e. The highest BCUT2D eigenvalue weighted by molar-refractivity contribution is 5.98. The van der Waals surface area contributed by atoms with Gasteiger partial charge in [-0.3, -0.25) is 33.8 Å². The first kappa shape index (κ1) is 65.6. The number of nitrogens with one attached hydrogen (secondary N) is 2. The average Bonchev–Trinajstić information content (AvgIpc) is 0.670. The van der Waals surface area contributed by atoms with Gasteiger partial charge < -0.3 is 63.5 Å². The highest BCUT2D eigenvalue weighted by atomic mass is 16.6. The van der Waals surface area contributed by atoms with E-state index in [4.69, 9.17) is 42.6 Å². The molecule has 0 unspecified atom stereocenters. The molecule has 5 aromatic rings. The van der Waals surface area contributed by atoms with E-state index in [0.717, 1.165) is 13.8 Å². The van der Waals surface area contributed by atoms with Crippen LogP contribution in [0.1, 0.15) is 99.5 Å². The Kier molecular flexibility index (Phi) is 19.8. The number of carbonyl (C=O) groups excluding carboxylic acids is 9. The maximum Gasteiger partial charge on any atom is 0.350 e. The summed E-state index contributed by atoms with van der Waals surface area (Å²) in [6.45, 7) is 5.94. The Morgan fingerprint density at radius 1 is 0.714 bits per heavy atom. The van der Waals surface area contributed by atoms with Gasteiger partial charge in [0.15, 0.2) is 30.7 Å². The molecule has 3 aliphatic carbocycles. The van der Waals surface area contributed by atoms with E-state index < -0.39 is 175 Å². The quantitative estimate of drug-likeness (QED) is 0.0344. The number of benzene rings is 4. The molecule has 2 amide bonds. The van der Waals surface area contributed by atoms with Crippen LogP contribution in [0.4, 0.5) is 0 Å². The molecule has 9 rings (SSSR count). The number of ketones is 1. The number of hydrogen-bond donors (Lipinski definition) is 4. The monoisotopic (exact) mass is 1250 g/mol. The van der Waals surface area contributed by atoms with E-state index in [1.54, 1.807) is 84.9 Å². The maximum absolute atomic E-state index is 16.5. The van der Waals surface area contributed by atoms with Crippen molar-refractivity contribution in [2.75, 3.05) is 19.8 Å². The fraction of sp³-hybridized carbons (Fsp3) is 0.388. The Labute approximate surface area is 522 Å². The van der Waals surface area contributed by atoms with Gasteiger partial charge >= 0.3 is 41.8 Å². The van der Waals surface area contributed by atoms with Crippen LogP contribution in [-0.4, -0.2) is 148 Å². The molecule has 478 valence electrons. The Bertz CT molecular complexity index is 3570. The minimum absolute atomic E-state index is 0.0115. The van der Waals surface area contributed by atoms with E-state index in [9.17, 15) is 48.6 Å². The van der Waals surface area contributed by atoms with Gasteiger partial charge in [0.05, 0.1) is 29.1 Å². The second-order valence-electron chi connectivity index (χ2n) is 23.4. The zero-order valence-electron chi connectivity index (χ0n) is 50.6. The summed E-state index contributed by atoms with van der Waals surface area (Å²) in [7, 11) is 0. The first-order chi connectivity index (χ1) is 43.4. The summed E-state index contributed by atoms with van der Waals surface area (Å²) in [5, 5.41) is 29.4. The smallest absolute Gasteiger partial charge is 0.350 e. The zero-order valence-corrected chi connectivity index (χ0v) is 50.6. The number of esters is 6. The summed E-state index contributed by atoms with van der Waals surface area (Å²) in [5.41, 5.74) is -8.94. The Hall–Kier alpha value is -9.81. The van der Waals surface area contributed by atoms with Crippen molar-refractivity contribution in [3.05, 3.63) is 174 Å². The lowest BCUT2D eigenvalue weighted by Crippen LogP contribution is -2.82. The van der Waals surface area contributed by atoms with Crippen molar-refractivity contribution in [2.24, 2.45) is 16.7 Å². The number of carboxylic acids is 1. The number of aliphatic hydroxyl groups is 1. The molecule has 91 heavy (non-hydrogen) atoms. The lowest BCUT2D eigenvalue weighted by molar-refractivity contribution is -0.346. The summed E-state index contributed by atoms with van der Waals surface area (Å²) in [4.78, 5) is 147. The molecule has 12 atom stereocenters. The third-order valence-electron chi connectivity index (χ3n) is 17.3. The third kappa shape index (κ3) is 13.8. The van der Waals surface area contributed by atoms with Gasteiger partial charge in [-0.25, -0.2) is 19.2 Å². The van der Waals surface area contributed by atoms with E-state index in [-0.39, 0.29) is 40.0 Å². The number of para-hydroxylation sites is 2. The summed E-state index contributed by atoms with van der Waals surface area (Å²) < 4.78 is 55.3. The number of carbonyl (C=O) groups is 10. The number of amides is 2. The van der Waals surface area contributed by atoms with Crippen molar-refractivity contribution < 1.29 is 101 Å². The molecular formula is C67H69N3O21. The predicted octanol–water partition coefficient (Wildman–Crippen LogP) is 5.74. The number of pyridine rings is 1. The van der Waals surface area contributed by atoms with Crippen LogP contribution in [0.2, 0.25) is 0 Å². The summed E-state index contributed by atoms with van der Waals surface area (Å²) in [6.07, 6.45) is -10.5. The molecule has 4 aliphatic rings. The normalized spacial score (nSPS) is 25.4. The van der Waals surface area contributed by atoms with Crippen LogP contribution in [0.5, 0.6) is 11.5 Å². The number of nitrogens with zero attached hydrogens (tertiary/aromatic N) is 1. The standard InChI is InChI=1S/C67H69N3O21/c1-38-47(87-63(81)56(89-52(76)36-84-45-27-17-10-18-28-45)54(41-20-11-7-12-21-41)70-61(79)46(29-30-50(73)74)69-60(78)43-24-19-31-68-34-43)33-67(82)59(90-62(80)42-22-13-8-14-23-42)57-65(6,58(77)55(86-39(2)71)53(38)64(67,4)5)48(32-49-66(57,37-85-49)91-40(3)72)88-51(75)35-83-44-25-15-9-16-26-44/h7-28,31,34,46-49,54-57,59,82H,29-30,32-33,35-37H2,1-6H3,(H,69,78)(H,70,79)(H,73,74)/t46-,47+,48+,49-,54+,55-,56-,57+,59+,65-,66+,67-/m1/s1. The van der Waals surface area contributed by atoms with Crippen LogP contribution in [0.3, 0.4) is 0 Å². The second-order valence-corrected chi connectivity index (χ2v) is 23.4. The molecule has 24 heteroatoms. The molecule has 4 aromatic carbocycles. The van der Waals surface area contributed by atoms with Gasteiger partial charge in [-0.15, -0.1) is 0 Å². The van der Waals surface area contributed by atoms with Crippen LogP contribution < -0.4 is 20.1 Å². The number of fused-ring (bicyclic) bond motifs is 5. The van der Waals surface area contributed by atoms with Gasteiger partial charge in [-0.1, -0.05) is 98.8 Å². The largest absolute Gasteiger partial charge is 0.482 e. The van der Waals surface area contributed by atoms with Crippen LogP contribution >= 0.6 is 0 Å².